The average Bonchev–Trinajstić information content (AvgIpc) is 2.83. The smallest absolute Gasteiger partial charge is 0.260 e. The molecule has 0 spiro atoms. The van der Waals surface area contributed by atoms with Crippen LogP contribution >= 0.6 is 0 Å². The molecule has 3 nitrogen and oxygen atoms in total. The van der Waals surface area contributed by atoms with Gasteiger partial charge >= 0.3 is 0 Å². The van der Waals surface area contributed by atoms with Crippen molar-refractivity contribution in [2.75, 3.05) is 0 Å². The number of rotatable bonds is 2. The van der Waals surface area contributed by atoms with E-state index in [1.165, 1.54) is 6.42 Å². The first kappa shape index (κ1) is 12.1. The summed E-state index contributed by atoms with van der Waals surface area (Å²) in [5.74, 6) is -3.16. The van der Waals surface area contributed by atoms with Gasteiger partial charge in [0.25, 0.3) is 5.92 Å². The van der Waals surface area contributed by atoms with Gasteiger partial charge in [-0.3, -0.25) is 4.79 Å². The molecule has 3 atom stereocenters. The molecule has 19 heavy (non-hydrogen) atoms. The Morgan fingerprint density at radius 3 is 2.16 bits per heavy atom. The second kappa shape index (κ2) is 3.30. The first-order valence-electron chi connectivity index (χ1n) is 7.28. The van der Waals surface area contributed by atoms with Crippen LogP contribution in [0.1, 0.15) is 44.9 Å². The third-order valence-electron chi connectivity index (χ3n) is 5.64. The molecular weight excluding hydrogens is 250 g/mol. The standard InChI is InChI=1S/C14H20F2N2O/c15-14(16)6-10(14)11(19)18-13-4-8-1-9(5-13)3-12(17,2-8)7-13/h8-10H,1-7,17H2,(H,18,19). The zero-order chi connectivity index (χ0) is 13.5. The van der Waals surface area contributed by atoms with Crippen molar-refractivity contribution in [3.8, 4) is 0 Å². The van der Waals surface area contributed by atoms with Gasteiger partial charge < -0.3 is 11.1 Å². The van der Waals surface area contributed by atoms with Gasteiger partial charge in [-0.05, 0) is 50.4 Å². The Labute approximate surface area is 111 Å². The van der Waals surface area contributed by atoms with Crippen LogP contribution in [0.5, 0.6) is 0 Å². The molecule has 3 unspecified atom stereocenters. The molecule has 5 heteroatoms. The number of amides is 1. The number of hydrogen-bond acceptors (Lipinski definition) is 2. The van der Waals surface area contributed by atoms with E-state index in [9.17, 15) is 13.6 Å². The summed E-state index contributed by atoms with van der Waals surface area (Å²) in [6.45, 7) is 0. The highest BCUT2D eigenvalue weighted by Crippen LogP contribution is 2.57. The monoisotopic (exact) mass is 270 g/mol. The first-order valence-corrected chi connectivity index (χ1v) is 7.28. The number of carbonyl (C=O) groups excluding carboxylic acids is 1. The minimum atomic E-state index is -2.77. The topological polar surface area (TPSA) is 55.1 Å². The third-order valence-corrected chi connectivity index (χ3v) is 5.64. The number of hydrogen-bond donors (Lipinski definition) is 2. The van der Waals surface area contributed by atoms with E-state index in [0.717, 1.165) is 32.1 Å². The van der Waals surface area contributed by atoms with E-state index < -0.39 is 17.7 Å². The van der Waals surface area contributed by atoms with E-state index >= 15 is 0 Å². The third kappa shape index (κ3) is 1.81. The van der Waals surface area contributed by atoms with Crippen LogP contribution in [0.3, 0.4) is 0 Å². The lowest BCUT2D eigenvalue weighted by molar-refractivity contribution is -0.130. The molecule has 3 N–H and O–H groups in total. The molecule has 5 aliphatic carbocycles. The number of nitrogens with one attached hydrogen (secondary N) is 1. The van der Waals surface area contributed by atoms with Crippen LogP contribution in [0, 0.1) is 17.8 Å². The van der Waals surface area contributed by atoms with Gasteiger partial charge in [-0.15, -0.1) is 0 Å². The molecular formula is C14H20F2N2O. The number of carbonyl (C=O) groups is 1. The van der Waals surface area contributed by atoms with Gasteiger partial charge in [-0.1, -0.05) is 0 Å². The predicted octanol–water partition coefficient (Wildman–Crippen LogP) is 1.81. The van der Waals surface area contributed by atoms with E-state index in [2.05, 4.69) is 5.32 Å². The van der Waals surface area contributed by atoms with Gasteiger partial charge in [0.2, 0.25) is 5.91 Å². The molecule has 0 aliphatic heterocycles. The molecule has 0 heterocycles. The Balaban J connectivity index is 1.53. The molecule has 0 aromatic carbocycles. The number of nitrogens with two attached hydrogens (primary N) is 1. The van der Waals surface area contributed by atoms with Crippen molar-refractivity contribution >= 4 is 5.91 Å². The lowest BCUT2D eigenvalue weighted by atomic mass is 9.50. The second-order valence-corrected chi connectivity index (χ2v) is 7.61. The molecule has 0 saturated heterocycles. The van der Waals surface area contributed by atoms with Crippen molar-refractivity contribution in [3.05, 3.63) is 0 Å². The first-order chi connectivity index (χ1) is 8.79. The van der Waals surface area contributed by atoms with Crippen LogP contribution in [-0.4, -0.2) is 22.9 Å². The van der Waals surface area contributed by atoms with Crippen LogP contribution in [-0.2, 0) is 4.79 Å². The molecule has 106 valence electrons. The summed E-state index contributed by atoms with van der Waals surface area (Å²) in [5, 5.41) is 2.97. The van der Waals surface area contributed by atoms with Crippen LogP contribution in [0.2, 0.25) is 0 Å². The van der Waals surface area contributed by atoms with E-state index in [1.807, 2.05) is 0 Å². The lowest BCUT2D eigenvalue weighted by Gasteiger charge is -2.61. The maximum absolute atomic E-state index is 13.0. The Kier molecular flexibility index (Phi) is 2.09. The highest BCUT2D eigenvalue weighted by atomic mass is 19.3. The van der Waals surface area contributed by atoms with Gasteiger partial charge in [-0.2, -0.15) is 0 Å². The normalized spacial score (nSPS) is 53.1. The SMILES string of the molecule is NC12CC3CC(C1)CC(NC(=O)C1CC1(F)F)(C3)C2. The summed E-state index contributed by atoms with van der Waals surface area (Å²) in [6.07, 6.45) is 5.66. The van der Waals surface area contributed by atoms with Crippen LogP contribution in [0.25, 0.3) is 0 Å². The fourth-order valence-corrected chi connectivity index (χ4v) is 5.33. The molecule has 5 fully saturated rings. The molecule has 0 aromatic heterocycles. The number of alkyl halides is 2. The zero-order valence-corrected chi connectivity index (χ0v) is 10.9. The Bertz CT molecular complexity index is 437. The highest BCUT2D eigenvalue weighted by molar-refractivity contribution is 5.83. The minimum absolute atomic E-state index is 0.163. The van der Waals surface area contributed by atoms with Gasteiger partial charge in [0.1, 0.15) is 5.92 Å². The summed E-state index contributed by atoms with van der Waals surface area (Å²) < 4.78 is 26.0. The summed E-state index contributed by atoms with van der Waals surface area (Å²) in [6, 6.07) is 0. The highest BCUT2D eigenvalue weighted by Gasteiger charge is 2.63. The maximum Gasteiger partial charge on any atom is 0.260 e. The lowest BCUT2D eigenvalue weighted by Crippen LogP contribution is -2.68. The molecule has 1 amide bonds. The summed E-state index contributed by atoms with van der Waals surface area (Å²) in [7, 11) is 0. The maximum atomic E-state index is 13.0. The predicted molar refractivity (Wildman–Crippen MR) is 65.5 cm³/mol. The van der Waals surface area contributed by atoms with Gasteiger partial charge in [0.05, 0.1) is 0 Å². The molecule has 0 aromatic rings. The Morgan fingerprint density at radius 1 is 1.11 bits per heavy atom. The summed E-state index contributed by atoms with van der Waals surface area (Å²) in [5.41, 5.74) is 5.98. The molecule has 4 bridgehead atoms. The van der Waals surface area contributed by atoms with Crippen LogP contribution < -0.4 is 11.1 Å². The van der Waals surface area contributed by atoms with Crippen molar-refractivity contribution in [1.82, 2.24) is 5.32 Å². The van der Waals surface area contributed by atoms with E-state index in [0.29, 0.717) is 11.8 Å². The Morgan fingerprint density at radius 2 is 1.68 bits per heavy atom. The van der Waals surface area contributed by atoms with Crippen molar-refractivity contribution < 1.29 is 13.6 Å². The van der Waals surface area contributed by atoms with Gasteiger partial charge in [-0.25, -0.2) is 8.78 Å². The van der Waals surface area contributed by atoms with Crippen LogP contribution in [0.4, 0.5) is 8.78 Å². The molecule has 5 saturated carbocycles. The van der Waals surface area contributed by atoms with E-state index in [-0.39, 0.29) is 17.5 Å². The van der Waals surface area contributed by atoms with Gasteiger partial charge in [0.15, 0.2) is 0 Å². The van der Waals surface area contributed by atoms with Crippen molar-refractivity contribution in [2.24, 2.45) is 23.5 Å². The molecule has 0 radical (unpaired) electrons. The summed E-state index contributed by atoms with van der Waals surface area (Å²) >= 11 is 0. The largest absolute Gasteiger partial charge is 0.350 e. The Hall–Kier alpha value is -0.710. The quantitative estimate of drug-likeness (QED) is 0.804. The second-order valence-electron chi connectivity index (χ2n) is 7.61. The van der Waals surface area contributed by atoms with E-state index in [1.54, 1.807) is 0 Å². The van der Waals surface area contributed by atoms with Crippen molar-refractivity contribution in [2.45, 2.75) is 61.9 Å². The van der Waals surface area contributed by atoms with Crippen molar-refractivity contribution in [1.29, 1.82) is 0 Å². The fourth-order valence-electron chi connectivity index (χ4n) is 5.33. The number of halogens is 2. The molecule has 5 aliphatic rings. The summed E-state index contributed by atoms with van der Waals surface area (Å²) in [4.78, 5) is 12.0. The van der Waals surface area contributed by atoms with Crippen LogP contribution in [0.15, 0.2) is 0 Å². The zero-order valence-electron chi connectivity index (χ0n) is 10.9. The fraction of sp³-hybridized carbons (Fsp3) is 0.929. The molecule has 5 rings (SSSR count). The average molecular weight is 270 g/mol. The minimum Gasteiger partial charge on any atom is -0.350 e. The van der Waals surface area contributed by atoms with E-state index in [4.69, 9.17) is 5.73 Å². The van der Waals surface area contributed by atoms with Crippen molar-refractivity contribution in [3.63, 3.8) is 0 Å². The van der Waals surface area contributed by atoms with Gasteiger partial charge in [0, 0.05) is 17.5 Å².